The third kappa shape index (κ3) is 6.58. The molecular weight excluding hydrogens is 308 g/mol. The van der Waals surface area contributed by atoms with Crippen LogP contribution in [0.4, 0.5) is 0 Å². The first-order chi connectivity index (χ1) is 11.7. The Labute approximate surface area is 142 Å². The standard InChI is InChI=1S/C18H26N2O4/c1-23-18(22)13-24-16-4-2-3-15(11-16)12-20-17(21)6-5-14-7-9-19-10-8-14/h2-4,11,14,19H,5-10,12-13H2,1H3,(H,20,21). The van der Waals surface area contributed by atoms with E-state index in [2.05, 4.69) is 15.4 Å². The highest BCUT2D eigenvalue weighted by Crippen LogP contribution is 2.17. The molecule has 1 saturated heterocycles. The molecule has 0 radical (unpaired) electrons. The first-order valence-corrected chi connectivity index (χ1v) is 8.43. The van der Waals surface area contributed by atoms with Crippen LogP contribution in [-0.2, 0) is 20.9 Å². The van der Waals surface area contributed by atoms with E-state index in [4.69, 9.17) is 4.74 Å². The molecule has 0 saturated carbocycles. The topological polar surface area (TPSA) is 76.7 Å². The second-order valence-electron chi connectivity index (χ2n) is 6.02. The lowest BCUT2D eigenvalue weighted by Gasteiger charge is -2.22. The quantitative estimate of drug-likeness (QED) is 0.707. The monoisotopic (exact) mass is 334 g/mol. The second kappa shape index (κ2) is 9.93. The van der Waals surface area contributed by atoms with Gasteiger partial charge in [-0.2, -0.15) is 0 Å². The Morgan fingerprint density at radius 2 is 2.08 bits per heavy atom. The molecule has 0 atom stereocenters. The van der Waals surface area contributed by atoms with Crippen molar-refractivity contribution in [3.63, 3.8) is 0 Å². The summed E-state index contributed by atoms with van der Waals surface area (Å²) in [7, 11) is 1.32. The van der Waals surface area contributed by atoms with Crippen LogP contribution in [0.25, 0.3) is 0 Å². The number of ether oxygens (including phenoxy) is 2. The molecule has 1 aliphatic heterocycles. The highest BCUT2D eigenvalue weighted by atomic mass is 16.6. The van der Waals surface area contributed by atoms with Crippen molar-refractivity contribution in [2.24, 2.45) is 5.92 Å². The largest absolute Gasteiger partial charge is 0.482 e. The lowest BCUT2D eigenvalue weighted by Crippen LogP contribution is -2.29. The van der Waals surface area contributed by atoms with Gasteiger partial charge < -0.3 is 20.1 Å². The van der Waals surface area contributed by atoms with Crippen molar-refractivity contribution in [3.05, 3.63) is 29.8 Å². The van der Waals surface area contributed by atoms with Gasteiger partial charge in [0, 0.05) is 13.0 Å². The summed E-state index contributed by atoms with van der Waals surface area (Å²) in [6.45, 7) is 2.46. The van der Waals surface area contributed by atoms with Crippen LogP contribution in [0.1, 0.15) is 31.2 Å². The average molecular weight is 334 g/mol. The molecule has 24 heavy (non-hydrogen) atoms. The minimum atomic E-state index is -0.424. The molecule has 1 amide bonds. The Hall–Kier alpha value is -2.08. The molecule has 2 rings (SSSR count). The zero-order chi connectivity index (χ0) is 17.2. The summed E-state index contributed by atoms with van der Waals surface area (Å²) in [6.07, 6.45) is 3.85. The van der Waals surface area contributed by atoms with E-state index >= 15 is 0 Å². The van der Waals surface area contributed by atoms with Gasteiger partial charge in [-0.25, -0.2) is 4.79 Å². The van der Waals surface area contributed by atoms with E-state index in [1.807, 2.05) is 18.2 Å². The average Bonchev–Trinajstić information content (AvgIpc) is 2.64. The van der Waals surface area contributed by atoms with Gasteiger partial charge in [-0.3, -0.25) is 4.79 Å². The third-order valence-electron chi connectivity index (χ3n) is 4.21. The maximum Gasteiger partial charge on any atom is 0.343 e. The van der Waals surface area contributed by atoms with Gasteiger partial charge in [-0.15, -0.1) is 0 Å². The number of amides is 1. The molecule has 0 unspecified atom stereocenters. The van der Waals surface area contributed by atoms with Crippen molar-refractivity contribution in [1.29, 1.82) is 0 Å². The van der Waals surface area contributed by atoms with E-state index in [0.29, 0.717) is 24.6 Å². The maximum atomic E-state index is 12.0. The molecule has 1 fully saturated rings. The molecule has 6 heteroatoms. The summed E-state index contributed by atoms with van der Waals surface area (Å²) < 4.78 is 9.87. The van der Waals surface area contributed by atoms with E-state index in [1.165, 1.54) is 7.11 Å². The molecular formula is C18H26N2O4. The Balaban J connectivity index is 1.70. The van der Waals surface area contributed by atoms with E-state index in [9.17, 15) is 9.59 Å². The van der Waals surface area contributed by atoms with Crippen LogP contribution in [0.3, 0.4) is 0 Å². The van der Waals surface area contributed by atoms with Crippen LogP contribution in [0.2, 0.25) is 0 Å². The van der Waals surface area contributed by atoms with Crippen molar-refractivity contribution in [3.8, 4) is 5.75 Å². The number of carbonyl (C=O) groups is 2. The van der Waals surface area contributed by atoms with Crippen molar-refractivity contribution < 1.29 is 19.1 Å². The molecule has 6 nitrogen and oxygen atoms in total. The number of methoxy groups -OCH3 is 1. The van der Waals surface area contributed by atoms with Crippen LogP contribution in [0, 0.1) is 5.92 Å². The smallest absolute Gasteiger partial charge is 0.343 e. The Morgan fingerprint density at radius 3 is 2.83 bits per heavy atom. The highest BCUT2D eigenvalue weighted by molar-refractivity contribution is 5.75. The SMILES string of the molecule is COC(=O)COc1cccc(CNC(=O)CCC2CCNCC2)c1. The molecule has 1 aromatic rings. The number of benzene rings is 1. The maximum absolute atomic E-state index is 12.0. The van der Waals surface area contributed by atoms with Gasteiger partial charge in [-0.1, -0.05) is 12.1 Å². The molecule has 0 aliphatic carbocycles. The normalized spacial score (nSPS) is 14.9. The number of carbonyl (C=O) groups excluding carboxylic acids is 2. The third-order valence-corrected chi connectivity index (χ3v) is 4.21. The van der Waals surface area contributed by atoms with Gasteiger partial charge in [0.05, 0.1) is 7.11 Å². The molecule has 1 aliphatic rings. The summed E-state index contributed by atoms with van der Waals surface area (Å²) in [5, 5.41) is 6.27. The van der Waals surface area contributed by atoms with E-state index in [1.54, 1.807) is 6.07 Å². The first-order valence-electron chi connectivity index (χ1n) is 8.43. The van der Waals surface area contributed by atoms with Gasteiger partial charge in [-0.05, 0) is 56.0 Å². The van der Waals surface area contributed by atoms with Gasteiger partial charge >= 0.3 is 5.97 Å². The van der Waals surface area contributed by atoms with Crippen molar-refractivity contribution in [2.75, 3.05) is 26.8 Å². The minimum absolute atomic E-state index is 0.0782. The lowest BCUT2D eigenvalue weighted by molar-refractivity contribution is -0.142. The predicted octanol–water partition coefficient (Wildman–Crippen LogP) is 1.63. The van der Waals surface area contributed by atoms with Gasteiger partial charge in [0.1, 0.15) is 5.75 Å². The Bertz CT molecular complexity index is 542. The number of rotatable bonds is 8. The summed E-state index contributed by atoms with van der Waals surface area (Å²) in [6, 6.07) is 7.34. The Morgan fingerprint density at radius 1 is 1.29 bits per heavy atom. The van der Waals surface area contributed by atoms with Crippen LogP contribution < -0.4 is 15.4 Å². The number of nitrogens with one attached hydrogen (secondary N) is 2. The number of hydrogen-bond donors (Lipinski definition) is 2. The van der Waals surface area contributed by atoms with Crippen LogP contribution in [0.5, 0.6) is 5.75 Å². The first kappa shape index (κ1) is 18.3. The summed E-state index contributed by atoms with van der Waals surface area (Å²) >= 11 is 0. The van der Waals surface area contributed by atoms with Crippen molar-refractivity contribution in [1.82, 2.24) is 10.6 Å². The molecule has 1 aromatic carbocycles. The fourth-order valence-electron chi connectivity index (χ4n) is 2.74. The van der Waals surface area contributed by atoms with Crippen molar-refractivity contribution in [2.45, 2.75) is 32.2 Å². The molecule has 132 valence electrons. The van der Waals surface area contributed by atoms with Gasteiger partial charge in [0.15, 0.2) is 6.61 Å². The zero-order valence-corrected chi connectivity index (χ0v) is 14.2. The molecule has 0 bridgehead atoms. The molecule has 2 N–H and O–H groups in total. The second-order valence-corrected chi connectivity index (χ2v) is 6.02. The molecule has 0 aromatic heterocycles. The lowest BCUT2D eigenvalue weighted by atomic mass is 9.93. The predicted molar refractivity (Wildman–Crippen MR) is 90.6 cm³/mol. The van der Waals surface area contributed by atoms with Crippen LogP contribution >= 0.6 is 0 Å². The summed E-state index contributed by atoms with van der Waals surface area (Å²) in [5.41, 5.74) is 0.938. The number of hydrogen-bond acceptors (Lipinski definition) is 5. The van der Waals surface area contributed by atoms with E-state index in [-0.39, 0.29) is 12.5 Å². The van der Waals surface area contributed by atoms with Crippen LogP contribution in [-0.4, -0.2) is 38.7 Å². The summed E-state index contributed by atoms with van der Waals surface area (Å²) in [4.78, 5) is 23.1. The minimum Gasteiger partial charge on any atom is -0.482 e. The zero-order valence-electron chi connectivity index (χ0n) is 14.2. The molecule has 1 heterocycles. The Kier molecular flexibility index (Phi) is 7.55. The van der Waals surface area contributed by atoms with E-state index < -0.39 is 5.97 Å². The summed E-state index contributed by atoms with van der Waals surface area (Å²) in [5.74, 6) is 0.898. The number of piperidine rings is 1. The van der Waals surface area contributed by atoms with Gasteiger partial charge in [0.2, 0.25) is 5.91 Å². The molecule has 0 spiro atoms. The fraction of sp³-hybridized carbons (Fsp3) is 0.556. The van der Waals surface area contributed by atoms with Crippen molar-refractivity contribution >= 4 is 11.9 Å². The highest BCUT2D eigenvalue weighted by Gasteiger charge is 2.14. The van der Waals surface area contributed by atoms with Gasteiger partial charge in [0.25, 0.3) is 0 Å². The number of esters is 1. The van der Waals surface area contributed by atoms with Crippen LogP contribution in [0.15, 0.2) is 24.3 Å². The fourth-order valence-corrected chi connectivity index (χ4v) is 2.74. The van der Waals surface area contributed by atoms with E-state index in [0.717, 1.165) is 37.9 Å².